The second-order valence-corrected chi connectivity index (χ2v) is 7.68. The van der Waals surface area contributed by atoms with Gasteiger partial charge in [0.1, 0.15) is 5.75 Å². The van der Waals surface area contributed by atoms with Gasteiger partial charge in [-0.1, -0.05) is 23.4 Å². The molecule has 8 heteroatoms. The van der Waals surface area contributed by atoms with E-state index < -0.39 is 0 Å². The van der Waals surface area contributed by atoms with Gasteiger partial charge in [-0.15, -0.1) is 10.2 Å². The summed E-state index contributed by atoms with van der Waals surface area (Å²) in [5, 5.41) is 9.07. The molecule has 0 saturated carbocycles. The molecule has 2 aromatic carbocycles. The van der Waals surface area contributed by atoms with Gasteiger partial charge in [0.15, 0.2) is 0 Å². The number of amides is 1. The molecule has 0 radical (unpaired) electrons. The molecule has 0 spiro atoms. The fraction of sp³-hybridized carbons (Fsp3) is 0.250. The lowest BCUT2D eigenvalue weighted by Crippen LogP contribution is -2.36. The molecule has 1 aliphatic rings. The van der Waals surface area contributed by atoms with Crippen molar-refractivity contribution in [1.82, 2.24) is 10.2 Å². The predicted molar refractivity (Wildman–Crippen MR) is 109 cm³/mol. The van der Waals surface area contributed by atoms with E-state index in [1.165, 1.54) is 11.8 Å². The molecule has 0 aliphatic carbocycles. The summed E-state index contributed by atoms with van der Waals surface area (Å²) in [6.07, 6.45) is 1.87. The van der Waals surface area contributed by atoms with Crippen molar-refractivity contribution in [1.29, 1.82) is 0 Å². The number of carbonyl (C=O) groups is 1. The average Bonchev–Trinajstić information content (AvgIpc) is 3.20. The lowest BCUT2D eigenvalue weighted by atomic mass is 10.0. The van der Waals surface area contributed by atoms with Gasteiger partial charge in [-0.3, -0.25) is 4.79 Å². The Hall–Kier alpha value is -2.51. The zero-order chi connectivity index (χ0) is 19.5. The van der Waals surface area contributed by atoms with Crippen molar-refractivity contribution < 1.29 is 13.9 Å². The molecule has 1 aromatic heterocycles. The second kappa shape index (κ2) is 8.24. The minimum atomic E-state index is 0.0161. The van der Waals surface area contributed by atoms with Crippen LogP contribution in [0.1, 0.15) is 12.0 Å². The van der Waals surface area contributed by atoms with Crippen molar-refractivity contribution >= 4 is 35.0 Å². The quantitative estimate of drug-likeness (QED) is 0.572. The Kier molecular flexibility index (Phi) is 5.54. The smallest absolute Gasteiger partial charge is 0.277 e. The minimum Gasteiger partial charge on any atom is -0.497 e. The SMILES string of the molecule is COc1ccc2c(c1)CCCN2C(=O)CSc1nnc(-c2ccc(Cl)cc2)o1. The van der Waals surface area contributed by atoms with E-state index in [0.717, 1.165) is 35.4 Å². The van der Waals surface area contributed by atoms with Gasteiger partial charge < -0.3 is 14.1 Å². The number of thioether (sulfide) groups is 1. The fourth-order valence-corrected chi connectivity index (χ4v) is 3.90. The number of methoxy groups -OCH3 is 1. The normalized spacial score (nSPS) is 13.3. The molecule has 0 unspecified atom stereocenters. The minimum absolute atomic E-state index is 0.0161. The van der Waals surface area contributed by atoms with Gasteiger partial charge in [0.05, 0.1) is 12.9 Å². The van der Waals surface area contributed by atoms with Crippen LogP contribution in [0.3, 0.4) is 0 Å². The Labute approximate surface area is 171 Å². The first-order chi connectivity index (χ1) is 13.6. The Morgan fingerprint density at radius 3 is 2.86 bits per heavy atom. The topological polar surface area (TPSA) is 68.5 Å². The van der Waals surface area contributed by atoms with Crippen LogP contribution in [0.2, 0.25) is 5.02 Å². The van der Waals surface area contributed by atoms with Crippen LogP contribution < -0.4 is 9.64 Å². The highest BCUT2D eigenvalue weighted by molar-refractivity contribution is 7.99. The van der Waals surface area contributed by atoms with Crippen LogP contribution in [0.5, 0.6) is 5.75 Å². The maximum Gasteiger partial charge on any atom is 0.277 e. The van der Waals surface area contributed by atoms with E-state index in [1.807, 2.05) is 35.2 Å². The van der Waals surface area contributed by atoms with E-state index in [2.05, 4.69) is 10.2 Å². The van der Waals surface area contributed by atoms with Crippen LogP contribution in [0.25, 0.3) is 11.5 Å². The van der Waals surface area contributed by atoms with Crippen molar-refractivity contribution in [2.45, 2.75) is 18.1 Å². The van der Waals surface area contributed by atoms with Gasteiger partial charge in [-0.05, 0) is 60.9 Å². The van der Waals surface area contributed by atoms with E-state index in [1.54, 1.807) is 19.2 Å². The van der Waals surface area contributed by atoms with Crippen molar-refractivity contribution in [3.05, 3.63) is 53.1 Å². The van der Waals surface area contributed by atoms with E-state index in [4.69, 9.17) is 20.8 Å². The lowest BCUT2D eigenvalue weighted by molar-refractivity contribution is -0.116. The summed E-state index contributed by atoms with van der Waals surface area (Å²) in [5.41, 5.74) is 2.87. The van der Waals surface area contributed by atoms with Gasteiger partial charge in [0, 0.05) is 22.8 Å². The number of aryl methyl sites for hydroxylation is 1. The zero-order valence-corrected chi connectivity index (χ0v) is 16.8. The monoisotopic (exact) mass is 415 g/mol. The molecule has 28 heavy (non-hydrogen) atoms. The van der Waals surface area contributed by atoms with Crippen LogP contribution in [0, 0.1) is 0 Å². The highest BCUT2D eigenvalue weighted by Gasteiger charge is 2.23. The third-order valence-electron chi connectivity index (χ3n) is 4.52. The summed E-state index contributed by atoms with van der Waals surface area (Å²) in [5.74, 6) is 1.46. The summed E-state index contributed by atoms with van der Waals surface area (Å²) in [6.45, 7) is 0.707. The van der Waals surface area contributed by atoms with Crippen LogP contribution in [0.4, 0.5) is 5.69 Å². The lowest BCUT2D eigenvalue weighted by Gasteiger charge is -2.29. The maximum absolute atomic E-state index is 12.8. The molecule has 2 heterocycles. The number of carbonyl (C=O) groups excluding carboxylic acids is 1. The molecule has 0 bridgehead atoms. The number of nitrogens with zero attached hydrogens (tertiary/aromatic N) is 3. The number of halogens is 1. The van der Waals surface area contributed by atoms with E-state index in [-0.39, 0.29) is 11.7 Å². The number of hydrogen-bond donors (Lipinski definition) is 0. The van der Waals surface area contributed by atoms with Gasteiger partial charge in [0.2, 0.25) is 11.8 Å². The molecule has 0 fully saturated rings. The first-order valence-corrected chi connectivity index (χ1v) is 10.2. The molecule has 4 rings (SSSR count). The number of fused-ring (bicyclic) bond motifs is 1. The number of anilines is 1. The Morgan fingerprint density at radius 2 is 2.07 bits per heavy atom. The molecule has 0 atom stereocenters. The van der Waals surface area contributed by atoms with Crippen LogP contribution >= 0.6 is 23.4 Å². The fourth-order valence-electron chi connectivity index (χ4n) is 3.14. The van der Waals surface area contributed by atoms with Crippen molar-refractivity contribution in [3.8, 4) is 17.2 Å². The van der Waals surface area contributed by atoms with Gasteiger partial charge in [-0.25, -0.2) is 0 Å². The van der Waals surface area contributed by atoms with Crippen LogP contribution in [-0.4, -0.2) is 35.5 Å². The van der Waals surface area contributed by atoms with Crippen molar-refractivity contribution in [3.63, 3.8) is 0 Å². The first kappa shape index (κ1) is 18.8. The Balaban J connectivity index is 1.42. The zero-order valence-electron chi connectivity index (χ0n) is 15.2. The molecule has 0 N–H and O–H groups in total. The molecule has 6 nitrogen and oxygen atoms in total. The summed E-state index contributed by atoms with van der Waals surface area (Å²) < 4.78 is 10.9. The summed E-state index contributed by atoms with van der Waals surface area (Å²) in [6, 6.07) is 13.0. The molecule has 144 valence electrons. The molecule has 0 saturated heterocycles. The van der Waals surface area contributed by atoms with E-state index >= 15 is 0 Å². The van der Waals surface area contributed by atoms with E-state index in [9.17, 15) is 4.79 Å². The molecular weight excluding hydrogens is 398 g/mol. The second-order valence-electron chi connectivity index (χ2n) is 6.31. The average molecular weight is 416 g/mol. The van der Waals surface area contributed by atoms with Crippen LogP contribution in [-0.2, 0) is 11.2 Å². The number of hydrogen-bond acceptors (Lipinski definition) is 6. The van der Waals surface area contributed by atoms with E-state index in [0.29, 0.717) is 22.7 Å². The number of aromatic nitrogens is 2. The standard InChI is InChI=1S/C20H18ClN3O3S/c1-26-16-8-9-17-14(11-16)3-2-10-24(17)18(25)12-28-20-23-22-19(27-20)13-4-6-15(21)7-5-13/h4-9,11H,2-3,10,12H2,1H3. The third-order valence-corrected chi connectivity index (χ3v) is 5.58. The number of ether oxygens (including phenoxy) is 1. The first-order valence-electron chi connectivity index (χ1n) is 8.83. The summed E-state index contributed by atoms with van der Waals surface area (Å²) in [7, 11) is 1.65. The largest absolute Gasteiger partial charge is 0.497 e. The van der Waals surface area contributed by atoms with Gasteiger partial charge in [-0.2, -0.15) is 0 Å². The predicted octanol–water partition coefficient (Wildman–Crippen LogP) is 4.47. The Morgan fingerprint density at radius 1 is 1.25 bits per heavy atom. The van der Waals surface area contributed by atoms with Crippen molar-refractivity contribution in [2.24, 2.45) is 0 Å². The Bertz CT molecular complexity index is 991. The third kappa shape index (κ3) is 4.00. The summed E-state index contributed by atoms with van der Waals surface area (Å²) >= 11 is 7.14. The molecule has 1 amide bonds. The van der Waals surface area contributed by atoms with Gasteiger partial charge in [0.25, 0.3) is 5.22 Å². The molecule has 3 aromatic rings. The highest BCUT2D eigenvalue weighted by Crippen LogP contribution is 2.31. The highest BCUT2D eigenvalue weighted by atomic mass is 35.5. The number of rotatable bonds is 5. The van der Waals surface area contributed by atoms with Gasteiger partial charge >= 0.3 is 0 Å². The molecular formula is C20H18ClN3O3S. The summed E-state index contributed by atoms with van der Waals surface area (Å²) in [4.78, 5) is 14.6. The maximum atomic E-state index is 12.8. The number of benzene rings is 2. The van der Waals surface area contributed by atoms with Crippen LogP contribution in [0.15, 0.2) is 52.1 Å². The van der Waals surface area contributed by atoms with Crippen molar-refractivity contribution in [2.75, 3.05) is 24.3 Å². The molecule has 1 aliphatic heterocycles.